The first kappa shape index (κ1) is 19.3. The van der Waals surface area contributed by atoms with Gasteiger partial charge < -0.3 is 15.1 Å². The van der Waals surface area contributed by atoms with E-state index in [4.69, 9.17) is 0 Å². The zero-order valence-electron chi connectivity index (χ0n) is 15.8. The third-order valence-electron chi connectivity index (χ3n) is 4.46. The minimum Gasteiger partial charge on any atom is -0.383 e. The molecule has 0 bridgehead atoms. The molecule has 5 nitrogen and oxygen atoms in total. The van der Waals surface area contributed by atoms with Gasteiger partial charge in [0.25, 0.3) is 0 Å². The van der Waals surface area contributed by atoms with E-state index in [1.54, 1.807) is 9.80 Å². The van der Waals surface area contributed by atoms with E-state index >= 15 is 0 Å². The molecule has 1 aliphatic rings. The molecule has 5 heteroatoms. The molecule has 1 N–H and O–H groups in total. The largest absolute Gasteiger partial charge is 0.383 e. The summed E-state index contributed by atoms with van der Waals surface area (Å²) in [5.41, 5.74) is 2.12. The standard InChI is InChI=1S/C20H31N3O2/c1-4-5-6-7-12-22-13-14-23(20(25)19(22)24)15-17-8-10-18(11-9-17)21-16(2)3/h8-11,16,21H,4-7,12-15H2,1-3H3. The quantitative estimate of drug-likeness (QED) is 0.552. The first-order valence-corrected chi connectivity index (χ1v) is 9.45. The number of benzene rings is 1. The summed E-state index contributed by atoms with van der Waals surface area (Å²) in [6.45, 7) is 8.82. The van der Waals surface area contributed by atoms with E-state index in [0.717, 1.165) is 24.1 Å². The fourth-order valence-corrected chi connectivity index (χ4v) is 3.07. The van der Waals surface area contributed by atoms with Crippen molar-refractivity contribution in [3.05, 3.63) is 29.8 Å². The fourth-order valence-electron chi connectivity index (χ4n) is 3.07. The summed E-state index contributed by atoms with van der Waals surface area (Å²) in [6.07, 6.45) is 4.46. The maximum Gasteiger partial charge on any atom is 0.312 e. The molecule has 0 atom stereocenters. The molecule has 1 heterocycles. The molecule has 1 aromatic carbocycles. The van der Waals surface area contributed by atoms with Crippen LogP contribution in [0.3, 0.4) is 0 Å². The van der Waals surface area contributed by atoms with Crippen LogP contribution in [0.4, 0.5) is 5.69 Å². The summed E-state index contributed by atoms with van der Waals surface area (Å²) in [5.74, 6) is -0.716. The molecule has 2 amide bonds. The van der Waals surface area contributed by atoms with Crippen LogP contribution in [0.25, 0.3) is 0 Å². The second kappa shape index (κ2) is 9.44. The van der Waals surface area contributed by atoms with E-state index < -0.39 is 0 Å². The van der Waals surface area contributed by atoms with Crippen molar-refractivity contribution in [1.29, 1.82) is 0 Å². The number of amides is 2. The van der Waals surface area contributed by atoms with Crippen molar-refractivity contribution in [2.75, 3.05) is 25.0 Å². The molecule has 0 spiro atoms. The Morgan fingerprint density at radius 3 is 2.24 bits per heavy atom. The van der Waals surface area contributed by atoms with Crippen molar-refractivity contribution < 1.29 is 9.59 Å². The molecule has 1 aromatic rings. The monoisotopic (exact) mass is 345 g/mol. The Labute approximate surface area is 151 Å². The van der Waals surface area contributed by atoms with Crippen molar-refractivity contribution in [3.8, 4) is 0 Å². The SMILES string of the molecule is CCCCCCN1CCN(Cc2ccc(NC(C)C)cc2)C(=O)C1=O. The van der Waals surface area contributed by atoms with E-state index in [-0.39, 0.29) is 11.8 Å². The van der Waals surface area contributed by atoms with Crippen molar-refractivity contribution in [1.82, 2.24) is 9.80 Å². The number of nitrogens with one attached hydrogen (secondary N) is 1. The Hall–Kier alpha value is -2.04. The van der Waals surface area contributed by atoms with Gasteiger partial charge in [-0.25, -0.2) is 0 Å². The van der Waals surface area contributed by atoms with Crippen molar-refractivity contribution in [2.45, 2.75) is 59.0 Å². The predicted octanol–water partition coefficient (Wildman–Crippen LogP) is 3.26. The van der Waals surface area contributed by atoms with Gasteiger partial charge >= 0.3 is 11.8 Å². The number of hydrogen-bond donors (Lipinski definition) is 1. The molecule has 0 radical (unpaired) electrons. The van der Waals surface area contributed by atoms with Crippen LogP contribution in [0.1, 0.15) is 52.0 Å². The summed E-state index contributed by atoms with van der Waals surface area (Å²) in [6, 6.07) is 8.45. The average Bonchev–Trinajstić information content (AvgIpc) is 2.59. The van der Waals surface area contributed by atoms with Crippen LogP contribution < -0.4 is 5.32 Å². The van der Waals surface area contributed by atoms with E-state index in [0.29, 0.717) is 32.2 Å². The first-order valence-electron chi connectivity index (χ1n) is 9.45. The molecule has 1 aliphatic heterocycles. The molecule has 2 rings (SSSR count). The highest BCUT2D eigenvalue weighted by atomic mass is 16.2. The van der Waals surface area contributed by atoms with Gasteiger partial charge in [0.05, 0.1) is 0 Å². The number of piperazine rings is 1. The van der Waals surface area contributed by atoms with Gasteiger partial charge in [-0.05, 0) is 38.0 Å². The summed E-state index contributed by atoms with van der Waals surface area (Å²) in [4.78, 5) is 28.0. The van der Waals surface area contributed by atoms with Crippen molar-refractivity contribution in [2.24, 2.45) is 0 Å². The molecule has 0 saturated carbocycles. The van der Waals surface area contributed by atoms with Gasteiger partial charge in [-0.15, -0.1) is 0 Å². The number of carbonyl (C=O) groups excluding carboxylic acids is 2. The van der Waals surface area contributed by atoms with Crippen LogP contribution in [0.2, 0.25) is 0 Å². The lowest BCUT2D eigenvalue weighted by Crippen LogP contribution is -2.54. The Balaban J connectivity index is 1.85. The van der Waals surface area contributed by atoms with Gasteiger partial charge in [0.1, 0.15) is 0 Å². The Morgan fingerprint density at radius 2 is 1.60 bits per heavy atom. The number of carbonyl (C=O) groups is 2. The Bertz CT molecular complexity index is 569. The first-order chi connectivity index (χ1) is 12.0. The van der Waals surface area contributed by atoms with Crippen molar-refractivity contribution >= 4 is 17.5 Å². The van der Waals surface area contributed by atoms with Gasteiger partial charge in [0.15, 0.2) is 0 Å². The van der Waals surface area contributed by atoms with E-state index in [1.165, 1.54) is 12.8 Å². The minimum absolute atomic E-state index is 0.346. The highest BCUT2D eigenvalue weighted by Crippen LogP contribution is 2.15. The summed E-state index contributed by atoms with van der Waals surface area (Å²) >= 11 is 0. The molecule has 0 aromatic heterocycles. The van der Waals surface area contributed by atoms with Gasteiger partial charge in [0.2, 0.25) is 0 Å². The van der Waals surface area contributed by atoms with Gasteiger partial charge in [-0.1, -0.05) is 38.3 Å². The van der Waals surface area contributed by atoms with Crippen molar-refractivity contribution in [3.63, 3.8) is 0 Å². The van der Waals surface area contributed by atoms with Gasteiger partial charge in [-0.2, -0.15) is 0 Å². The molecular weight excluding hydrogens is 314 g/mol. The van der Waals surface area contributed by atoms with E-state index in [1.807, 2.05) is 24.3 Å². The Kier molecular flexibility index (Phi) is 7.29. The van der Waals surface area contributed by atoms with Gasteiger partial charge in [-0.3, -0.25) is 9.59 Å². The normalized spacial score (nSPS) is 15.2. The molecule has 25 heavy (non-hydrogen) atoms. The number of anilines is 1. The lowest BCUT2D eigenvalue weighted by molar-refractivity contribution is -0.156. The minimum atomic E-state index is -0.369. The summed E-state index contributed by atoms with van der Waals surface area (Å²) in [7, 11) is 0. The third kappa shape index (κ3) is 5.76. The Morgan fingerprint density at radius 1 is 0.960 bits per heavy atom. The molecule has 1 saturated heterocycles. The second-order valence-electron chi connectivity index (χ2n) is 7.08. The maximum absolute atomic E-state index is 12.4. The summed E-state index contributed by atoms with van der Waals surface area (Å²) in [5, 5.41) is 3.34. The number of rotatable bonds is 9. The number of hydrogen-bond acceptors (Lipinski definition) is 3. The third-order valence-corrected chi connectivity index (χ3v) is 4.46. The maximum atomic E-state index is 12.4. The molecule has 0 aliphatic carbocycles. The van der Waals surface area contributed by atoms with E-state index in [2.05, 4.69) is 26.1 Å². The average molecular weight is 345 g/mol. The number of nitrogens with zero attached hydrogens (tertiary/aromatic N) is 2. The molecule has 138 valence electrons. The van der Waals surface area contributed by atoms with Crippen LogP contribution in [0.5, 0.6) is 0 Å². The van der Waals surface area contributed by atoms with Gasteiger partial charge in [0, 0.05) is 37.9 Å². The highest BCUT2D eigenvalue weighted by molar-refractivity contribution is 6.35. The molecular formula is C20H31N3O2. The lowest BCUT2D eigenvalue weighted by Gasteiger charge is -2.33. The predicted molar refractivity (Wildman–Crippen MR) is 101 cm³/mol. The van der Waals surface area contributed by atoms with Crippen LogP contribution in [-0.2, 0) is 16.1 Å². The number of unbranched alkanes of at least 4 members (excludes halogenated alkanes) is 3. The topological polar surface area (TPSA) is 52.6 Å². The van der Waals surface area contributed by atoms with Crippen LogP contribution in [-0.4, -0.2) is 47.3 Å². The van der Waals surface area contributed by atoms with Crippen LogP contribution in [0, 0.1) is 0 Å². The lowest BCUT2D eigenvalue weighted by atomic mass is 10.1. The fraction of sp³-hybridized carbons (Fsp3) is 0.600. The van der Waals surface area contributed by atoms with Crippen LogP contribution >= 0.6 is 0 Å². The smallest absolute Gasteiger partial charge is 0.312 e. The van der Waals surface area contributed by atoms with E-state index in [9.17, 15) is 9.59 Å². The second-order valence-corrected chi connectivity index (χ2v) is 7.08. The zero-order valence-corrected chi connectivity index (χ0v) is 15.8. The summed E-state index contributed by atoms with van der Waals surface area (Å²) < 4.78 is 0. The van der Waals surface area contributed by atoms with Crippen LogP contribution in [0.15, 0.2) is 24.3 Å². The highest BCUT2D eigenvalue weighted by Gasteiger charge is 2.31. The molecule has 0 unspecified atom stereocenters. The zero-order chi connectivity index (χ0) is 18.2. The molecule has 1 fully saturated rings.